The molecule has 2 aliphatic heterocycles. The molecule has 12 heavy (non-hydrogen) atoms. The molecule has 0 aromatic carbocycles. The van der Waals surface area contributed by atoms with E-state index in [-0.39, 0.29) is 0 Å². The molecule has 0 atom stereocenters. The van der Waals surface area contributed by atoms with Crippen LogP contribution in [0.5, 0.6) is 0 Å². The van der Waals surface area contributed by atoms with E-state index in [4.69, 9.17) is 5.11 Å². The number of thioether (sulfide) groups is 1. The van der Waals surface area contributed by atoms with Crippen LogP contribution >= 0.6 is 11.8 Å². The average molecular weight is 184 g/mol. The number of carboxylic acid groups (broad SMARTS) is 1. The highest BCUT2D eigenvalue weighted by molar-refractivity contribution is 8.07. The summed E-state index contributed by atoms with van der Waals surface area (Å²) in [6.45, 7) is 1.52. The highest BCUT2D eigenvalue weighted by atomic mass is 32.2. The number of carbonyl (C=O) groups is 1. The van der Waals surface area contributed by atoms with Crippen LogP contribution in [0.15, 0.2) is 22.2 Å². The SMILES string of the molecule is O=C(O)C1=CN2CNCC=C2S1. The zero-order valence-electron chi connectivity index (χ0n) is 6.28. The number of rotatable bonds is 1. The molecule has 0 saturated heterocycles. The Hall–Kier alpha value is -0.940. The Kier molecular flexibility index (Phi) is 1.82. The van der Waals surface area contributed by atoms with Crippen LogP contribution in [0, 0.1) is 0 Å². The molecule has 2 N–H and O–H groups in total. The van der Waals surface area contributed by atoms with Crippen LogP contribution in [0.3, 0.4) is 0 Å². The van der Waals surface area contributed by atoms with E-state index < -0.39 is 5.97 Å². The van der Waals surface area contributed by atoms with E-state index >= 15 is 0 Å². The van der Waals surface area contributed by atoms with E-state index in [2.05, 4.69) is 5.32 Å². The summed E-state index contributed by atoms with van der Waals surface area (Å²) in [5.41, 5.74) is 0. The first-order chi connectivity index (χ1) is 5.77. The lowest BCUT2D eigenvalue weighted by Gasteiger charge is -2.21. The number of fused-ring (bicyclic) bond motifs is 1. The summed E-state index contributed by atoms with van der Waals surface area (Å²) in [4.78, 5) is 12.9. The van der Waals surface area contributed by atoms with Gasteiger partial charge in [0, 0.05) is 12.7 Å². The Morgan fingerprint density at radius 1 is 1.75 bits per heavy atom. The molecule has 0 spiro atoms. The van der Waals surface area contributed by atoms with Gasteiger partial charge in [-0.3, -0.25) is 5.32 Å². The van der Waals surface area contributed by atoms with E-state index in [1.807, 2.05) is 11.0 Å². The van der Waals surface area contributed by atoms with Crippen molar-refractivity contribution in [3.8, 4) is 0 Å². The van der Waals surface area contributed by atoms with Crippen LogP contribution < -0.4 is 5.32 Å². The topological polar surface area (TPSA) is 52.6 Å². The van der Waals surface area contributed by atoms with Crippen LogP contribution in [0.4, 0.5) is 0 Å². The predicted molar refractivity (Wildman–Crippen MR) is 46.1 cm³/mol. The predicted octanol–water partition coefficient (Wildman–Crippen LogP) is 0.363. The van der Waals surface area contributed by atoms with Gasteiger partial charge in [0.25, 0.3) is 0 Å². The van der Waals surface area contributed by atoms with Crippen molar-refractivity contribution < 1.29 is 9.90 Å². The van der Waals surface area contributed by atoms with Gasteiger partial charge >= 0.3 is 5.97 Å². The minimum Gasteiger partial charge on any atom is -0.477 e. The van der Waals surface area contributed by atoms with Crippen molar-refractivity contribution in [2.45, 2.75) is 0 Å². The maximum absolute atomic E-state index is 10.6. The first kappa shape index (κ1) is 7.70. The summed E-state index contributed by atoms with van der Waals surface area (Å²) in [6.07, 6.45) is 3.64. The standard InChI is InChI=1S/C7H8N2O2S/c10-7(11)5-3-9-4-8-2-1-6(9)12-5/h1,3,8H,2,4H2,(H,10,11). The molecule has 2 aliphatic rings. The van der Waals surface area contributed by atoms with E-state index in [1.165, 1.54) is 11.8 Å². The molecule has 2 heterocycles. The molecule has 0 aromatic rings. The van der Waals surface area contributed by atoms with Crippen molar-refractivity contribution in [1.82, 2.24) is 10.2 Å². The Morgan fingerprint density at radius 3 is 3.25 bits per heavy atom. The second-order valence-electron chi connectivity index (χ2n) is 2.52. The van der Waals surface area contributed by atoms with Crippen molar-refractivity contribution in [3.63, 3.8) is 0 Å². The van der Waals surface area contributed by atoms with Crippen LogP contribution in [-0.2, 0) is 4.79 Å². The van der Waals surface area contributed by atoms with Crippen LogP contribution in [0.25, 0.3) is 0 Å². The number of carboxylic acids is 1. The maximum atomic E-state index is 10.6. The highest BCUT2D eigenvalue weighted by Gasteiger charge is 2.24. The molecule has 0 bridgehead atoms. The van der Waals surface area contributed by atoms with E-state index in [0.717, 1.165) is 11.6 Å². The second-order valence-corrected chi connectivity index (χ2v) is 3.59. The van der Waals surface area contributed by atoms with Gasteiger partial charge in [-0.15, -0.1) is 0 Å². The normalized spacial score (nSPS) is 21.5. The summed E-state index contributed by atoms with van der Waals surface area (Å²) in [5, 5.41) is 12.8. The summed E-state index contributed by atoms with van der Waals surface area (Å²) in [6, 6.07) is 0. The maximum Gasteiger partial charge on any atom is 0.344 e. The molecule has 0 unspecified atom stereocenters. The fourth-order valence-electron chi connectivity index (χ4n) is 1.13. The van der Waals surface area contributed by atoms with Gasteiger partial charge in [0.2, 0.25) is 0 Å². The summed E-state index contributed by atoms with van der Waals surface area (Å²) >= 11 is 1.31. The number of hydrogen-bond acceptors (Lipinski definition) is 4. The molecule has 4 nitrogen and oxygen atoms in total. The third-order valence-corrected chi connectivity index (χ3v) is 2.79. The minimum atomic E-state index is -0.852. The third kappa shape index (κ3) is 1.21. The van der Waals surface area contributed by atoms with Gasteiger partial charge in [-0.05, 0) is 6.08 Å². The van der Waals surface area contributed by atoms with E-state index in [1.54, 1.807) is 6.20 Å². The Bertz CT molecular complexity index is 285. The molecule has 0 aliphatic carbocycles. The lowest BCUT2D eigenvalue weighted by atomic mass is 10.5. The van der Waals surface area contributed by atoms with E-state index in [0.29, 0.717) is 11.6 Å². The smallest absolute Gasteiger partial charge is 0.344 e. The molecular formula is C7H8N2O2S. The Balaban J connectivity index is 2.21. The zero-order valence-corrected chi connectivity index (χ0v) is 7.10. The Morgan fingerprint density at radius 2 is 2.58 bits per heavy atom. The molecule has 64 valence electrons. The molecule has 2 rings (SSSR count). The van der Waals surface area contributed by atoms with Crippen molar-refractivity contribution >= 4 is 17.7 Å². The number of nitrogens with zero attached hydrogens (tertiary/aromatic N) is 1. The van der Waals surface area contributed by atoms with Crippen molar-refractivity contribution in [2.75, 3.05) is 13.2 Å². The van der Waals surface area contributed by atoms with Crippen molar-refractivity contribution in [2.24, 2.45) is 0 Å². The summed E-state index contributed by atoms with van der Waals surface area (Å²) in [7, 11) is 0. The number of hydrogen-bond donors (Lipinski definition) is 2. The molecule has 0 aromatic heterocycles. The number of nitrogens with one attached hydrogen (secondary N) is 1. The average Bonchev–Trinajstić information content (AvgIpc) is 2.46. The third-order valence-electron chi connectivity index (χ3n) is 1.68. The molecule has 0 fully saturated rings. The van der Waals surface area contributed by atoms with Gasteiger partial charge in [0.05, 0.1) is 11.7 Å². The molecule has 0 amide bonds. The first-order valence-corrected chi connectivity index (χ1v) is 4.39. The largest absolute Gasteiger partial charge is 0.477 e. The highest BCUT2D eigenvalue weighted by Crippen LogP contribution is 2.36. The van der Waals surface area contributed by atoms with Crippen LogP contribution in [-0.4, -0.2) is 29.2 Å². The van der Waals surface area contributed by atoms with Gasteiger partial charge in [0.15, 0.2) is 0 Å². The molecule has 5 heteroatoms. The van der Waals surface area contributed by atoms with Crippen LogP contribution in [0.1, 0.15) is 0 Å². The molecule has 0 saturated carbocycles. The molecular weight excluding hydrogens is 176 g/mol. The summed E-state index contributed by atoms with van der Waals surface area (Å²) < 4.78 is 0. The van der Waals surface area contributed by atoms with Gasteiger partial charge in [-0.25, -0.2) is 4.79 Å². The van der Waals surface area contributed by atoms with Gasteiger partial charge in [0.1, 0.15) is 4.91 Å². The van der Waals surface area contributed by atoms with Crippen molar-refractivity contribution in [3.05, 3.63) is 22.2 Å². The quantitative estimate of drug-likeness (QED) is 0.616. The van der Waals surface area contributed by atoms with Gasteiger partial charge < -0.3 is 10.0 Å². The van der Waals surface area contributed by atoms with Gasteiger partial charge in [-0.2, -0.15) is 0 Å². The fourth-order valence-corrected chi connectivity index (χ4v) is 2.02. The van der Waals surface area contributed by atoms with Crippen LogP contribution in [0.2, 0.25) is 0 Å². The van der Waals surface area contributed by atoms with Crippen molar-refractivity contribution in [1.29, 1.82) is 0 Å². The second kappa shape index (κ2) is 2.84. The van der Waals surface area contributed by atoms with Gasteiger partial charge in [-0.1, -0.05) is 11.8 Å². The molecule has 0 radical (unpaired) electrons. The monoisotopic (exact) mass is 184 g/mol. The minimum absolute atomic E-state index is 0.393. The Labute approximate surface area is 73.9 Å². The number of aliphatic carboxylic acids is 1. The lowest BCUT2D eigenvalue weighted by molar-refractivity contribution is -0.131. The lowest BCUT2D eigenvalue weighted by Crippen LogP contribution is -2.32. The van der Waals surface area contributed by atoms with E-state index in [9.17, 15) is 4.79 Å². The summed E-state index contributed by atoms with van der Waals surface area (Å²) in [5.74, 6) is -0.852. The fraction of sp³-hybridized carbons (Fsp3) is 0.286. The zero-order chi connectivity index (χ0) is 8.55. The first-order valence-electron chi connectivity index (χ1n) is 3.58.